The van der Waals surface area contributed by atoms with Crippen LogP contribution < -0.4 is 10.6 Å². The van der Waals surface area contributed by atoms with Crippen LogP contribution in [0.15, 0.2) is 35.1 Å². The number of Topliss-reactive ketones (excluding diaryl/α,β-unsaturated/α-hetero) is 2. The minimum absolute atomic E-state index is 0.0670. The zero-order valence-corrected chi connectivity index (χ0v) is 14.9. The standard InChI is InChI=1S/C19H18N4O5/c24-13-3-4-15(16(25)8-13)23-10-12-2-1-11(7-14(12)18(23)26)9-20-19(27)21-17-5-6-28-22-17/h1-2,5-7,15H,3-4,8-10H2,(H2,20,21,22,27). The van der Waals surface area contributed by atoms with Crippen LogP contribution in [0.4, 0.5) is 10.6 Å². The van der Waals surface area contributed by atoms with Crippen molar-refractivity contribution in [2.24, 2.45) is 0 Å². The minimum Gasteiger partial charge on any atom is -0.363 e. The fourth-order valence-electron chi connectivity index (χ4n) is 3.54. The minimum atomic E-state index is -0.535. The third-order valence-corrected chi connectivity index (χ3v) is 4.95. The first kappa shape index (κ1) is 17.9. The Balaban J connectivity index is 1.40. The summed E-state index contributed by atoms with van der Waals surface area (Å²) in [5.41, 5.74) is 2.13. The monoisotopic (exact) mass is 382 g/mol. The second-order valence-electron chi connectivity index (χ2n) is 6.85. The third kappa shape index (κ3) is 3.51. The van der Waals surface area contributed by atoms with E-state index in [0.29, 0.717) is 30.8 Å². The fraction of sp³-hybridized carbons (Fsp3) is 0.316. The topological polar surface area (TPSA) is 122 Å². The molecule has 1 unspecified atom stereocenters. The number of fused-ring (bicyclic) bond motifs is 1. The number of aromatic nitrogens is 1. The van der Waals surface area contributed by atoms with Gasteiger partial charge in [-0.25, -0.2) is 4.79 Å². The lowest BCUT2D eigenvalue weighted by Gasteiger charge is -2.29. The van der Waals surface area contributed by atoms with E-state index in [4.69, 9.17) is 0 Å². The van der Waals surface area contributed by atoms with E-state index in [1.807, 2.05) is 12.1 Å². The van der Waals surface area contributed by atoms with Gasteiger partial charge in [-0.15, -0.1) is 0 Å². The SMILES string of the molecule is O=C1CCC(N2Cc3ccc(CNC(=O)Nc4ccon4)cc3C2=O)C(=O)C1. The van der Waals surface area contributed by atoms with Gasteiger partial charge in [0.15, 0.2) is 11.6 Å². The first-order chi connectivity index (χ1) is 13.5. The summed E-state index contributed by atoms with van der Waals surface area (Å²) in [6.07, 6.45) is 1.96. The molecule has 1 fully saturated rings. The summed E-state index contributed by atoms with van der Waals surface area (Å²) in [5, 5.41) is 8.78. The number of anilines is 1. The molecular formula is C19H18N4O5. The molecule has 9 heteroatoms. The van der Waals surface area contributed by atoms with Gasteiger partial charge in [-0.1, -0.05) is 17.3 Å². The van der Waals surface area contributed by atoms with E-state index in [1.165, 1.54) is 12.3 Å². The van der Waals surface area contributed by atoms with Crippen LogP contribution in [0, 0.1) is 0 Å². The average Bonchev–Trinajstić information content (AvgIpc) is 3.28. The van der Waals surface area contributed by atoms with Gasteiger partial charge < -0.3 is 14.7 Å². The van der Waals surface area contributed by atoms with Crippen LogP contribution >= 0.6 is 0 Å². The third-order valence-electron chi connectivity index (χ3n) is 4.95. The van der Waals surface area contributed by atoms with Crippen LogP contribution in [0.1, 0.15) is 40.7 Å². The summed E-state index contributed by atoms with van der Waals surface area (Å²) < 4.78 is 4.64. The van der Waals surface area contributed by atoms with Crippen LogP contribution in [-0.2, 0) is 22.7 Å². The molecule has 2 aromatic rings. The van der Waals surface area contributed by atoms with E-state index in [-0.39, 0.29) is 30.4 Å². The Morgan fingerprint density at radius 3 is 2.86 bits per heavy atom. The Labute approximate surface area is 160 Å². The molecule has 1 saturated carbocycles. The normalized spacial score (nSPS) is 18.9. The highest BCUT2D eigenvalue weighted by Gasteiger charge is 2.38. The number of carbonyl (C=O) groups excluding carboxylic acids is 4. The lowest BCUT2D eigenvalue weighted by molar-refractivity contribution is -0.133. The molecule has 1 aliphatic carbocycles. The van der Waals surface area contributed by atoms with E-state index in [9.17, 15) is 19.2 Å². The molecule has 2 aliphatic rings. The first-order valence-electron chi connectivity index (χ1n) is 8.93. The number of hydrogen-bond donors (Lipinski definition) is 2. The van der Waals surface area contributed by atoms with Gasteiger partial charge in [0.1, 0.15) is 12.0 Å². The van der Waals surface area contributed by atoms with Crippen LogP contribution in [0.25, 0.3) is 0 Å². The molecule has 0 saturated heterocycles. The fourth-order valence-corrected chi connectivity index (χ4v) is 3.54. The molecule has 3 amide bonds. The molecule has 0 bridgehead atoms. The van der Waals surface area contributed by atoms with E-state index in [1.54, 1.807) is 11.0 Å². The first-order valence-corrected chi connectivity index (χ1v) is 8.93. The smallest absolute Gasteiger partial charge is 0.320 e. The van der Waals surface area contributed by atoms with Gasteiger partial charge in [-0.05, 0) is 23.6 Å². The van der Waals surface area contributed by atoms with Gasteiger partial charge in [0.25, 0.3) is 5.91 Å². The number of nitrogens with zero attached hydrogens (tertiary/aromatic N) is 2. The molecular weight excluding hydrogens is 364 g/mol. The maximum Gasteiger partial charge on any atom is 0.320 e. The molecule has 2 heterocycles. The molecule has 2 N–H and O–H groups in total. The number of carbonyl (C=O) groups is 4. The van der Waals surface area contributed by atoms with Crippen molar-refractivity contribution in [2.45, 2.75) is 38.4 Å². The molecule has 1 aromatic heterocycles. The Hall–Kier alpha value is -3.49. The lowest BCUT2D eigenvalue weighted by atomic mass is 9.92. The number of ketones is 2. The number of benzene rings is 1. The van der Waals surface area contributed by atoms with Crippen molar-refractivity contribution in [3.63, 3.8) is 0 Å². The second kappa shape index (κ2) is 7.26. The van der Waals surface area contributed by atoms with Crippen molar-refractivity contribution in [3.8, 4) is 0 Å². The maximum absolute atomic E-state index is 12.8. The molecule has 0 spiro atoms. The van der Waals surface area contributed by atoms with E-state index < -0.39 is 12.1 Å². The maximum atomic E-state index is 12.8. The predicted molar refractivity (Wildman–Crippen MR) is 96.3 cm³/mol. The summed E-state index contributed by atoms with van der Waals surface area (Å²) in [7, 11) is 0. The number of nitrogens with one attached hydrogen (secondary N) is 2. The molecule has 144 valence electrons. The highest BCUT2D eigenvalue weighted by atomic mass is 16.5. The van der Waals surface area contributed by atoms with Crippen molar-refractivity contribution in [3.05, 3.63) is 47.2 Å². The van der Waals surface area contributed by atoms with Crippen molar-refractivity contribution < 1.29 is 23.7 Å². The van der Waals surface area contributed by atoms with Crippen LogP contribution in [0.3, 0.4) is 0 Å². The number of hydrogen-bond acceptors (Lipinski definition) is 6. The second-order valence-corrected chi connectivity index (χ2v) is 6.85. The lowest BCUT2D eigenvalue weighted by Crippen LogP contribution is -2.44. The van der Waals surface area contributed by atoms with Gasteiger partial charge in [0.2, 0.25) is 0 Å². The number of urea groups is 1. The largest absolute Gasteiger partial charge is 0.363 e. The van der Waals surface area contributed by atoms with Gasteiger partial charge in [0.05, 0.1) is 12.5 Å². The molecule has 1 aromatic carbocycles. The van der Waals surface area contributed by atoms with E-state index >= 15 is 0 Å². The van der Waals surface area contributed by atoms with Gasteiger partial charge >= 0.3 is 6.03 Å². The van der Waals surface area contributed by atoms with Crippen LogP contribution in [-0.4, -0.2) is 39.6 Å². The summed E-state index contributed by atoms with van der Waals surface area (Å²) in [6.45, 7) is 0.584. The molecule has 1 atom stereocenters. The van der Waals surface area contributed by atoms with E-state index in [0.717, 1.165) is 11.1 Å². The van der Waals surface area contributed by atoms with Gasteiger partial charge in [0, 0.05) is 31.1 Å². The molecule has 28 heavy (non-hydrogen) atoms. The van der Waals surface area contributed by atoms with Crippen LogP contribution in [0.2, 0.25) is 0 Å². The molecule has 1 aliphatic heterocycles. The molecule has 9 nitrogen and oxygen atoms in total. The zero-order chi connectivity index (χ0) is 19.7. The average molecular weight is 382 g/mol. The summed E-state index contributed by atoms with van der Waals surface area (Å²) in [4.78, 5) is 49.8. The Morgan fingerprint density at radius 2 is 2.11 bits per heavy atom. The Bertz CT molecular complexity index is 953. The summed E-state index contributed by atoms with van der Waals surface area (Å²) in [5.74, 6) is -0.170. The van der Waals surface area contributed by atoms with Crippen molar-refractivity contribution in [1.82, 2.24) is 15.4 Å². The number of amides is 3. The summed E-state index contributed by atoms with van der Waals surface area (Å²) in [6, 6.07) is 5.93. The quantitative estimate of drug-likeness (QED) is 0.776. The van der Waals surface area contributed by atoms with Gasteiger partial charge in [-0.3, -0.25) is 19.7 Å². The van der Waals surface area contributed by atoms with Crippen molar-refractivity contribution in [2.75, 3.05) is 5.32 Å². The number of rotatable bonds is 4. The predicted octanol–water partition coefficient (Wildman–Crippen LogP) is 1.64. The van der Waals surface area contributed by atoms with Crippen molar-refractivity contribution in [1.29, 1.82) is 0 Å². The highest BCUT2D eigenvalue weighted by Crippen LogP contribution is 2.29. The molecule has 4 rings (SSSR count). The van der Waals surface area contributed by atoms with Crippen molar-refractivity contribution >= 4 is 29.3 Å². The Morgan fingerprint density at radius 1 is 1.25 bits per heavy atom. The van der Waals surface area contributed by atoms with Crippen LogP contribution in [0.5, 0.6) is 0 Å². The van der Waals surface area contributed by atoms with E-state index in [2.05, 4.69) is 20.3 Å². The molecule has 0 radical (unpaired) electrons. The highest BCUT2D eigenvalue weighted by molar-refractivity contribution is 6.07. The summed E-state index contributed by atoms with van der Waals surface area (Å²) >= 11 is 0. The zero-order valence-electron chi connectivity index (χ0n) is 14.9. The Kier molecular flexibility index (Phi) is 4.64. The van der Waals surface area contributed by atoms with Gasteiger partial charge in [-0.2, -0.15) is 0 Å².